The Bertz CT molecular complexity index is 992. The molecule has 0 radical (unpaired) electrons. The Morgan fingerprint density at radius 1 is 1.15 bits per heavy atom. The monoisotopic (exact) mass is 469 g/mol. The highest BCUT2D eigenvalue weighted by Gasteiger charge is 2.44. The molecule has 3 atom stereocenters. The molecule has 1 saturated carbocycles. The van der Waals surface area contributed by atoms with Crippen LogP contribution in [0.1, 0.15) is 63.5 Å². The van der Waals surface area contributed by atoms with Crippen molar-refractivity contribution in [2.45, 2.75) is 82.5 Å². The van der Waals surface area contributed by atoms with Crippen LogP contribution in [0.2, 0.25) is 0 Å². The number of H-pyrrole nitrogens is 1. The lowest BCUT2D eigenvalue weighted by Gasteiger charge is -2.51. The van der Waals surface area contributed by atoms with Gasteiger partial charge in [-0.1, -0.05) is 12.8 Å². The van der Waals surface area contributed by atoms with Crippen molar-refractivity contribution in [1.29, 1.82) is 0 Å². The van der Waals surface area contributed by atoms with E-state index in [1.165, 1.54) is 19.3 Å². The molecule has 1 aliphatic carbocycles. The van der Waals surface area contributed by atoms with Crippen molar-refractivity contribution >= 4 is 23.5 Å². The number of fused-ring (bicyclic) bond motifs is 2. The Labute approximate surface area is 200 Å². The van der Waals surface area contributed by atoms with E-state index < -0.39 is 0 Å². The van der Waals surface area contributed by atoms with Gasteiger partial charge in [-0.25, -0.2) is 0 Å². The van der Waals surface area contributed by atoms with E-state index in [0.717, 1.165) is 38.5 Å². The first kappa shape index (κ1) is 22.9. The van der Waals surface area contributed by atoms with Crippen LogP contribution >= 0.6 is 0 Å². The first-order valence-electron chi connectivity index (χ1n) is 12.5. The van der Waals surface area contributed by atoms with Gasteiger partial charge in [0.05, 0.1) is 19.4 Å². The van der Waals surface area contributed by atoms with E-state index in [9.17, 15) is 9.90 Å². The number of hydrogen-bond acceptors (Lipinski definition) is 8. The summed E-state index contributed by atoms with van der Waals surface area (Å²) in [5.41, 5.74) is 0.617. The largest absolute Gasteiger partial charge is 0.481 e. The van der Waals surface area contributed by atoms with Crippen LogP contribution in [0.4, 0.5) is 17.6 Å². The van der Waals surface area contributed by atoms with Gasteiger partial charge in [0.25, 0.3) is 0 Å². The number of ether oxygens (including phenoxy) is 1. The van der Waals surface area contributed by atoms with Crippen molar-refractivity contribution in [2.24, 2.45) is 5.92 Å². The lowest BCUT2D eigenvalue weighted by atomic mass is 9.80. The average Bonchev–Trinajstić information content (AvgIpc) is 3.54. The van der Waals surface area contributed by atoms with Crippen LogP contribution in [0, 0.1) is 5.92 Å². The number of anilines is 3. The first-order valence-corrected chi connectivity index (χ1v) is 12.5. The number of rotatable bonds is 7. The zero-order valence-corrected chi connectivity index (χ0v) is 20.0. The van der Waals surface area contributed by atoms with E-state index in [2.05, 4.69) is 30.3 Å². The number of hydrogen-bond donors (Lipinski definition) is 3. The van der Waals surface area contributed by atoms with Crippen molar-refractivity contribution in [3.63, 3.8) is 0 Å². The molecule has 1 amide bonds. The Kier molecular flexibility index (Phi) is 6.58. The maximum absolute atomic E-state index is 13.3. The second-order valence-corrected chi connectivity index (χ2v) is 9.86. The predicted octanol–water partition coefficient (Wildman–Crippen LogP) is 2.98. The number of carbonyl (C=O) groups excluding carboxylic acids is 1. The summed E-state index contributed by atoms with van der Waals surface area (Å²) in [6.45, 7) is -0.111. The number of nitrogens with one attached hydrogen (secondary N) is 2. The zero-order valence-electron chi connectivity index (χ0n) is 20.0. The molecule has 5 rings (SSSR count). The molecule has 3 N–H and O–H groups in total. The van der Waals surface area contributed by atoms with Crippen LogP contribution in [-0.2, 0) is 11.4 Å². The molecule has 3 aliphatic rings. The number of aliphatic hydroxyl groups excluding tert-OH is 1. The predicted molar refractivity (Wildman–Crippen MR) is 128 cm³/mol. The summed E-state index contributed by atoms with van der Waals surface area (Å²) in [5.74, 6) is 2.81. The lowest BCUT2D eigenvalue weighted by molar-refractivity contribution is -0.145. The third-order valence-electron chi connectivity index (χ3n) is 7.73. The summed E-state index contributed by atoms with van der Waals surface area (Å²) in [6, 6.07) is 4.32. The van der Waals surface area contributed by atoms with Gasteiger partial charge >= 0.3 is 0 Å². The van der Waals surface area contributed by atoms with Crippen LogP contribution in [-0.4, -0.2) is 68.4 Å². The average molecular weight is 470 g/mol. The van der Waals surface area contributed by atoms with E-state index in [1.54, 1.807) is 19.2 Å². The molecule has 3 fully saturated rings. The molecule has 10 nitrogen and oxygen atoms in total. The van der Waals surface area contributed by atoms with E-state index in [-0.39, 0.29) is 18.6 Å². The molecule has 2 aromatic heterocycles. The van der Waals surface area contributed by atoms with E-state index in [0.29, 0.717) is 47.1 Å². The van der Waals surface area contributed by atoms with Crippen LogP contribution in [0.3, 0.4) is 0 Å². The second-order valence-electron chi connectivity index (χ2n) is 9.86. The number of aliphatic hydroxyl groups is 1. The molecule has 34 heavy (non-hydrogen) atoms. The summed E-state index contributed by atoms with van der Waals surface area (Å²) >= 11 is 0. The van der Waals surface area contributed by atoms with Crippen molar-refractivity contribution in [2.75, 3.05) is 24.4 Å². The van der Waals surface area contributed by atoms with Gasteiger partial charge in [-0.05, 0) is 44.9 Å². The van der Waals surface area contributed by atoms with Crippen molar-refractivity contribution < 1.29 is 14.6 Å². The third kappa shape index (κ3) is 4.55. The molecule has 0 aromatic carbocycles. The fraction of sp³-hybridized carbons (Fsp3) is 0.667. The molecule has 4 heterocycles. The fourth-order valence-corrected chi connectivity index (χ4v) is 5.95. The Hall–Kier alpha value is -2.88. The van der Waals surface area contributed by atoms with Gasteiger partial charge in [0.15, 0.2) is 5.82 Å². The molecule has 184 valence electrons. The van der Waals surface area contributed by atoms with E-state index >= 15 is 0 Å². The Balaban J connectivity index is 1.33. The highest BCUT2D eigenvalue weighted by Crippen LogP contribution is 2.39. The van der Waals surface area contributed by atoms with Crippen LogP contribution in [0.5, 0.6) is 5.88 Å². The maximum Gasteiger partial charge on any atom is 0.230 e. The quantitative estimate of drug-likeness (QED) is 0.566. The van der Waals surface area contributed by atoms with Crippen LogP contribution in [0.25, 0.3) is 0 Å². The number of amides is 1. The van der Waals surface area contributed by atoms with Crippen LogP contribution < -0.4 is 15.0 Å². The second kappa shape index (κ2) is 9.77. The highest BCUT2D eigenvalue weighted by atomic mass is 16.5. The molecule has 0 spiro atoms. The topological polar surface area (TPSA) is 119 Å². The summed E-state index contributed by atoms with van der Waals surface area (Å²) in [4.78, 5) is 27.1. The Morgan fingerprint density at radius 2 is 1.88 bits per heavy atom. The normalized spacial score (nSPS) is 24.8. The smallest absolute Gasteiger partial charge is 0.230 e. The minimum absolute atomic E-state index is 0.111. The summed E-state index contributed by atoms with van der Waals surface area (Å²) < 4.78 is 5.44. The number of piperidine rings is 2. The van der Waals surface area contributed by atoms with E-state index in [4.69, 9.17) is 9.72 Å². The number of aromatic amines is 1. The molecular weight excluding hydrogens is 434 g/mol. The number of methoxy groups -OCH3 is 1. The maximum atomic E-state index is 13.3. The van der Waals surface area contributed by atoms with Gasteiger partial charge < -0.3 is 25.0 Å². The number of nitrogens with zero attached hydrogens (tertiary/aromatic N) is 5. The molecule has 0 unspecified atom stereocenters. The summed E-state index contributed by atoms with van der Waals surface area (Å²) in [7, 11) is 3.62. The molecular formula is C24H35N7O3. The number of aromatic nitrogens is 4. The summed E-state index contributed by atoms with van der Waals surface area (Å²) in [6.07, 6.45) is 9.73. The van der Waals surface area contributed by atoms with Gasteiger partial charge in [0.1, 0.15) is 5.82 Å². The molecule has 2 aliphatic heterocycles. The van der Waals surface area contributed by atoms with E-state index in [1.807, 2.05) is 7.05 Å². The van der Waals surface area contributed by atoms with Gasteiger partial charge in [0.2, 0.25) is 17.7 Å². The first-order chi connectivity index (χ1) is 16.6. The van der Waals surface area contributed by atoms with Crippen molar-refractivity contribution in [1.82, 2.24) is 25.1 Å². The molecule has 2 aromatic rings. The minimum Gasteiger partial charge on any atom is -0.481 e. The minimum atomic E-state index is -0.111. The van der Waals surface area contributed by atoms with Crippen molar-refractivity contribution in [3.05, 3.63) is 17.8 Å². The van der Waals surface area contributed by atoms with Gasteiger partial charge in [-0.3, -0.25) is 9.89 Å². The lowest BCUT2D eigenvalue weighted by Crippen LogP contribution is -2.59. The van der Waals surface area contributed by atoms with Crippen molar-refractivity contribution in [3.8, 4) is 5.88 Å². The van der Waals surface area contributed by atoms with Gasteiger partial charge in [-0.2, -0.15) is 15.1 Å². The molecule has 2 saturated heterocycles. The summed E-state index contributed by atoms with van der Waals surface area (Å²) in [5, 5.41) is 19.3. The van der Waals surface area contributed by atoms with Gasteiger partial charge in [-0.15, -0.1) is 0 Å². The highest BCUT2D eigenvalue weighted by molar-refractivity contribution is 5.80. The standard InChI is InChI=1S/C24H35N7O3/c1-30(24-26-20(13-22(27-24)34-2)25-21-10-16(14-32)28-29-21)19-11-17-8-5-9-18(12-19)31(17)23(33)15-6-3-4-7-15/h10,13,15,17-19,32H,3-9,11-12,14H2,1-2H3,(H2,25,26,27,28,29)/t17-,18+,19-. The third-order valence-corrected chi connectivity index (χ3v) is 7.73. The molecule has 10 heteroatoms. The SMILES string of the molecule is COc1cc(Nc2cc(CO)[nH]n2)nc(N(C)[C@@H]2C[C@H]3CCC[C@@H](C2)N3C(=O)C2CCCC2)n1. The zero-order chi connectivity index (χ0) is 23.7. The van der Waals surface area contributed by atoms with Gasteiger partial charge in [0, 0.05) is 43.2 Å². The molecule has 2 bridgehead atoms. The Morgan fingerprint density at radius 3 is 2.53 bits per heavy atom. The van der Waals surface area contributed by atoms with Crippen LogP contribution in [0.15, 0.2) is 12.1 Å². The fourth-order valence-electron chi connectivity index (χ4n) is 5.95. The number of carbonyl (C=O) groups is 1.